The Morgan fingerprint density at radius 3 is 2.39 bits per heavy atom. The van der Waals surface area contributed by atoms with E-state index in [0.717, 1.165) is 23.9 Å². The Morgan fingerprint density at radius 2 is 1.94 bits per heavy atom. The fourth-order valence-corrected chi connectivity index (χ4v) is 1.58. The number of hydrogen-bond acceptors (Lipinski definition) is 4. The van der Waals surface area contributed by atoms with E-state index in [1.807, 2.05) is 13.1 Å². The van der Waals surface area contributed by atoms with Gasteiger partial charge in [0.1, 0.15) is 17.5 Å². The molecule has 1 heterocycles. The van der Waals surface area contributed by atoms with Crippen LogP contribution in [0.3, 0.4) is 0 Å². The zero-order chi connectivity index (χ0) is 13.9. The molecule has 0 aliphatic carbocycles. The minimum absolute atomic E-state index is 0.0437. The van der Waals surface area contributed by atoms with Crippen LogP contribution in [-0.4, -0.2) is 30.1 Å². The second kappa shape index (κ2) is 5.55. The molecular formula is C14H26N4. The van der Waals surface area contributed by atoms with Crippen molar-refractivity contribution in [1.82, 2.24) is 9.97 Å². The Labute approximate surface area is 111 Å². The summed E-state index contributed by atoms with van der Waals surface area (Å²) in [6.45, 7) is 10.8. The molecule has 1 N–H and O–H groups in total. The quantitative estimate of drug-likeness (QED) is 0.891. The predicted octanol–water partition coefficient (Wildman–Crippen LogP) is 3.05. The van der Waals surface area contributed by atoms with Gasteiger partial charge in [-0.3, -0.25) is 0 Å². The first-order chi connectivity index (χ1) is 8.29. The molecule has 18 heavy (non-hydrogen) atoms. The molecule has 1 aromatic rings. The van der Waals surface area contributed by atoms with Gasteiger partial charge in [0, 0.05) is 31.6 Å². The number of nitrogens with one attached hydrogen (secondary N) is 1. The van der Waals surface area contributed by atoms with Crippen molar-refractivity contribution in [2.24, 2.45) is 0 Å². The van der Waals surface area contributed by atoms with Crippen molar-refractivity contribution < 1.29 is 0 Å². The van der Waals surface area contributed by atoms with Crippen molar-refractivity contribution in [3.05, 3.63) is 11.9 Å². The van der Waals surface area contributed by atoms with E-state index in [2.05, 4.69) is 56.9 Å². The van der Waals surface area contributed by atoms with Crippen LogP contribution in [0.5, 0.6) is 0 Å². The summed E-state index contributed by atoms with van der Waals surface area (Å²) in [4.78, 5) is 11.4. The molecule has 102 valence electrons. The molecule has 0 saturated carbocycles. The van der Waals surface area contributed by atoms with Gasteiger partial charge >= 0.3 is 0 Å². The summed E-state index contributed by atoms with van der Waals surface area (Å²) in [5.74, 6) is 2.73. The predicted molar refractivity (Wildman–Crippen MR) is 78.4 cm³/mol. The van der Waals surface area contributed by atoms with E-state index < -0.39 is 0 Å². The van der Waals surface area contributed by atoms with Gasteiger partial charge in [0.15, 0.2) is 0 Å². The van der Waals surface area contributed by atoms with E-state index in [1.165, 1.54) is 0 Å². The van der Waals surface area contributed by atoms with Gasteiger partial charge in [-0.05, 0) is 13.3 Å². The second-order valence-corrected chi connectivity index (χ2v) is 5.80. The van der Waals surface area contributed by atoms with Crippen LogP contribution in [0.15, 0.2) is 6.07 Å². The summed E-state index contributed by atoms with van der Waals surface area (Å²) in [5.41, 5.74) is -0.0437. The highest BCUT2D eigenvalue weighted by molar-refractivity contribution is 5.49. The summed E-state index contributed by atoms with van der Waals surface area (Å²) in [6, 6.07) is 2.47. The molecule has 0 aliphatic rings. The van der Waals surface area contributed by atoms with Gasteiger partial charge in [0.2, 0.25) is 0 Å². The number of aromatic nitrogens is 2. The Morgan fingerprint density at radius 1 is 1.33 bits per heavy atom. The van der Waals surface area contributed by atoms with E-state index in [1.54, 1.807) is 0 Å². The van der Waals surface area contributed by atoms with Crippen LogP contribution in [0.25, 0.3) is 0 Å². The number of nitrogens with zero attached hydrogens (tertiary/aromatic N) is 3. The Balaban J connectivity index is 3.20. The van der Waals surface area contributed by atoms with E-state index in [4.69, 9.17) is 4.98 Å². The number of anilines is 2. The monoisotopic (exact) mass is 250 g/mol. The fourth-order valence-electron chi connectivity index (χ4n) is 1.58. The molecule has 0 fully saturated rings. The topological polar surface area (TPSA) is 41.0 Å². The normalized spacial score (nSPS) is 13.3. The Hall–Kier alpha value is -1.32. The van der Waals surface area contributed by atoms with Crippen LogP contribution < -0.4 is 10.2 Å². The number of rotatable bonds is 4. The van der Waals surface area contributed by atoms with E-state index in [-0.39, 0.29) is 5.41 Å². The summed E-state index contributed by atoms with van der Waals surface area (Å²) >= 11 is 0. The third-order valence-corrected chi connectivity index (χ3v) is 3.25. The highest BCUT2D eigenvalue weighted by Crippen LogP contribution is 2.24. The molecule has 0 aromatic carbocycles. The summed E-state index contributed by atoms with van der Waals surface area (Å²) in [5, 5.41) is 3.11. The zero-order valence-corrected chi connectivity index (χ0v) is 12.7. The van der Waals surface area contributed by atoms with Gasteiger partial charge in [0.05, 0.1) is 0 Å². The molecule has 4 heteroatoms. The molecular weight excluding hydrogens is 224 g/mol. The maximum atomic E-state index is 4.70. The smallest absolute Gasteiger partial charge is 0.138 e. The first-order valence-corrected chi connectivity index (χ1v) is 6.59. The van der Waals surface area contributed by atoms with Gasteiger partial charge < -0.3 is 10.2 Å². The summed E-state index contributed by atoms with van der Waals surface area (Å²) < 4.78 is 0. The maximum absolute atomic E-state index is 4.70. The van der Waals surface area contributed by atoms with Crippen molar-refractivity contribution in [3.8, 4) is 0 Å². The summed E-state index contributed by atoms with van der Waals surface area (Å²) in [6.07, 6.45) is 1.10. The minimum atomic E-state index is -0.0437. The van der Waals surface area contributed by atoms with Crippen molar-refractivity contribution in [2.75, 3.05) is 24.3 Å². The second-order valence-electron chi connectivity index (χ2n) is 5.80. The van der Waals surface area contributed by atoms with Gasteiger partial charge in [-0.25, -0.2) is 9.97 Å². The third-order valence-electron chi connectivity index (χ3n) is 3.25. The third kappa shape index (κ3) is 3.34. The lowest BCUT2D eigenvalue weighted by Gasteiger charge is -2.27. The lowest BCUT2D eigenvalue weighted by molar-refractivity contribution is 0.543. The van der Waals surface area contributed by atoms with Crippen molar-refractivity contribution >= 4 is 11.6 Å². The van der Waals surface area contributed by atoms with Gasteiger partial charge in [-0.2, -0.15) is 0 Å². The largest absolute Gasteiger partial charge is 0.373 e. The highest BCUT2D eigenvalue weighted by atomic mass is 15.2. The Bertz CT molecular complexity index is 395. The van der Waals surface area contributed by atoms with E-state index >= 15 is 0 Å². The van der Waals surface area contributed by atoms with Crippen molar-refractivity contribution in [3.63, 3.8) is 0 Å². The molecule has 1 rings (SSSR count). The average Bonchev–Trinajstić information content (AvgIpc) is 2.35. The minimum Gasteiger partial charge on any atom is -0.373 e. The van der Waals surface area contributed by atoms with Crippen molar-refractivity contribution in [1.29, 1.82) is 0 Å². The van der Waals surface area contributed by atoms with Gasteiger partial charge in [-0.15, -0.1) is 0 Å². The molecule has 1 unspecified atom stereocenters. The molecule has 0 radical (unpaired) electrons. The maximum Gasteiger partial charge on any atom is 0.138 e. The first kappa shape index (κ1) is 14.7. The molecule has 0 bridgehead atoms. The SMILES string of the molecule is CCC(C)N(C)c1cc(NC)nc(C(C)(C)C)n1. The summed E-state index contributed by atoms with van der Waals surface area (Å²) in [7, 11) is 3.98. The standard InChI is InChI=1S/C14H26N4/c1-8-10(2)18(7)12-9-11(15-6)16-13(17-12)14(3,4)5/h9-10H,8H2,1-7H3,(H,15,16,17). The first-order valence-electron chi connectivity index (χ1n) is 6.59. The van der Waals surface area contributed by atoms with Crippen LogP contribution in [0.4, 0.5) is 11.6 Å². The number of hydrogen-bond donors (Lipinski definition) is 1. The Kier molecular flexibility index (Phi) is 4.54. The lowest BCUT2D eigenvalue weighted by atomic mass is 9.96. The van der Waals surface area contributed by atoms with Crippen LogP contribution in [0.2, 0.25) is 0 Å². The van der Waals surface area contributed by atoms with Crippen LogP contribution >= 0.6 is 0 Å². The molecule has 0 amide bonds. The molecule has 4 nitrogen and oxygen atoms in total. The molecule has 0 saturated heterocycles. The van der Waals surface area contributed by atoms with Crippen LogP contribution in [0, 0.1) is 0 Å². The average molecular weight is 250 g/mol. The van der Waals surface area contributed by atoms with Gasteiger partial charge in [-0.1, -0.05) is 27.7 Å². The van der Waals surface area contributed by atoms with E-state index in [0.29, 0.717) is 6.04 Å². The lowest BCUT2D eigenvalue weighted by Crippen LogP contribution is -2.30. The molecule has 0 spiro atoms. The van der Waals surface area contributed by atoms with Crippen molar-refractivity contribution in [2.45, 2.75) is 52.5 Å². The fraction of sp³-hybridized carbons (Fsp3) is 0.714. The molecule has 0 aliphatic heterocycles. The molecule has 1 aromatic heterocycles. The zero-order valence-electron chi connectivity index (χ0n) is 12.7. The highest BCUT2D eigenvalue weighted by Gasteiger charge is 2.20. The van der Waals surface area contributed by atoms with E-state index in [9.17, 15) is 0 Å². The van der Waals surface area contributed by atoms with Gasteiger partial charge in [0.25, 0.3) is 0 Å². The molecule has 1 atom stereocenters. The van der Waals surface area contributed by atoms with Crippen LogP contribution in [-0.2, 0) is 5.41 Å². The van der Waals surface area contributed by atoms with Crippen LogP contribution in [0.1, 0.15) is 46.9 Å².